The zero-order valence-corrected chi connectivity index (χ0v) is 8.68. The molecule has 0 fully saturated rings. The van der Waals surface area contributed by atoms with Crippen LogP contribution in [0.25, 0.3) is 0 Å². The number of carboxylic acids is 2. The van der Waals surface area contributed by atoms with Crippen LogP contribution in [-0.4, -0.2) is 11.9 Å². The first kappa shape index (κ1) is 17.0. The first-order valence-corrected chi connectivity index (χ1v) is 2.76. The summed E-state index contributed by atoms with van der Waals surface area (Å²) in [4.78, 5) is 18.5. The third kappa shape index (κ3) is 42.2. The van der Waals surface area contributed by atoms with Crippen molar-refractivity contribution in [1.29, 1.82) is 0 Å². The average molecular weight is 343 g/mol. The van der Waals surface area contributed by atoms with Crippen molar-refractivity contribution in [1.82, 2.24) is 0 Å². The fourth-order valence-corrected chi connectivity index (χ4v) is 0. The van der Waals surface area contributed by atoms with Gasteiger partial charge in [0, 0.05) is 34.3 Å². The molecule has 1 radical (unpaired) electrons. The van der Waals surface area contributed by atoms with Crippen LogP contribution in [0.5, 0.6) is 0 Å². The van der Waals surface area contributed by atoms with E-state index in [-0.39, 0.29) is 28.3 Å². The minimum absolute atomic E-state index is 0. The van der Waals surface area contributed by atoms with E-state index in [4.69, 9.17) is 9.90 Å². The number of hydrogen-bond acceptors (Lipinski definition) is 4. The van der Waals surface area contributed by atoms with E-state index in [2.05, 4.69) is 0 Å². The van der Waals surface area contributed by atoms with Gasteiger partial charge in [-0.05, 0) is 12.8 Å². The molecule has 11 heavy (non-hydrogen) atoms. The van der Waals surface area contributed by atoms with E-state index < -0.39 is 11.9 Å². The Hall–Kier alpha value is -0.320. The summed E-state index contributed by atoms with van der Waals surface area (Å²) in [6.07, 6.45) is 0. The van der Waals surface area contributed by atoms with Gasteiger partial charge in [0.25, 0.3) is 0 Å². The van der Waals surface area contributed by atoms with E-state index >= 15 is 0 Å². The summed E-state index contributed by atoms with van der Waals surface area (Å²) in [7, 11) is 0. The summed E-state index contributed by atoms with van der Waals surface area (Å²) in [5.41, 5.74) is 0. The van der Waals surface area contributed by atoms with Crippen molar-refractivity contribution in [3.8, 4) is 0 Å². The van der Waals surface area contributed by atoms with Crippen LogP contribution >= 0.6 is 0 Å². The molecule has 0 amide bonds. The van der Waals surface area contributed by atoms with E-state index in [1.807, 2.05) is 0 Å². The average Bonchev–Trinajstić information content (AvgIpc) is 1.63. The van der Waals surface area contributed by atoms with Crippen molar-refractivity contribution in [2.75, 3.05) is 0 Å². The van der Waals surface area contributed by atoms with Crippen LogP contribution in [0.2, 0.25) is 0 Å². The van der Waals surface area contributed by atoms with E-state index in [0.29, 0.717) is 0 Å². The van der Waals surface area contributed by atoms with Gasteiger partial charge in [-0.1, -0.05) is 13.8 Å². The molecule has 0 aliphatic heterocycles. The normalized spacial score (nSPS) is 7.27. The molecule has 4 nitrogen and oxygen atoms in total. The molecule has 0 N–H and O–H groups in total. The Balaban J connectivity index is -0.000000114. The fourth-order valence-electron chi connectivity index (χ4n) is 0. The van der Waals surface area contributed by atoms with Crippen molar-refractivity contribution < 1.29 is 42.2 Å². The van der Waals surface area contributed by atoms with E-state index in [0.717, 1.165) is 6.92 Å². The first-order chi connectivity index (χ1) is 4.37. The van der Waals surface area contributed by atoms with Crippen molar-refractivity contribution in [3.63, 3.8) is 0 Å². The van der Waals surface area contributed by atoms with Gasteiger partial charge in [-0.25, -0.2) is 0 Å². The molecular weight excluding hydrogens is 333 g/mol. The Morgan fingerprint density at radius 1 is 1.18 bits per heavy atom. The number of carboxylic acid groups (broad SMARTS) is 2. The Morgan fingerprint density at radius 3 is 1.27 bits per heavy atom. The first-order valence-electron chi connectivity index (χ1n) is 2.76. The molecule has 0 bridgehead atoms. The van der Waals surface area contributed by atoms with Gasteiger partial charge in [0.15, 0.2) is 0 Å². The summed E-state index contributed by atoms with van der Waals surface area (Å²) in [6, 6.07) is 0. The van der Waals surface area contributed by atoms with Gasteiger partial charge in [0.1, 0.15) is 0 Å². The van der Waals surface area contributed by atoms with Crippen molar-refractivity contribution >= 4 is 11.9 Å². The van der Waals surface area contributed by atoms with E-state index in [1.165, 1.54) is 0 Å². The second-order valence-corrected chi connectivity index (χ2v) is 1.97. The molecule has 0 aromatic rings. The quantitative estimate of drug-likeness (QED) is 0.524. The van der Waals surface area contributed by atoms with E-state index in [1.54, 1.807) is 13.8 Å². The number of carbonyl (C=O) groups is 2. The Kier molecular flexibility index (Phi) is 14.9. The van der Waals surface area contributed by atoms with Crippen LogP contribution in [0.4, 0.5) is 0 Å². The third-order valence-electron chi connectivity index (χ3n) is 0.471. The topological polar surface area (TPSA) is 80.3 Å². The third-order valence-corrected chi connectivity index (χ3v) is 0.471. The molecule has 0 aliphatic rings. The molecule has 0 saturated carbocycles. The van der Waals surface area contributed by atoms with Gasteiger partial charge in [0.05, 0.1) is 0 Å². The summed E-state index contributed by atoms with van der Waals surface area (Å²) >= 11 is 0. The molecule has 0 aromatic carbocycles. The van der Waals surface area contributed by atoms with Crippen molar-refractivity contribution in [2.24, 2.45) is 5.92 Å². The monoisotopic (exact) mass is 343 g/mol. The van der Waals surface area contributed by atoms with Crippen LogP contribution in [0.3, 0.4) is 0 Å². The molecule has 0 saturated heterocycles. The maximum Gasteiger partial charge on any atom is 0.0439 e. The second kappa shape index (κ2) is 9.68. The molecule has 0 heterocycles. The second-order valence-electron chi connectivity index (χ2n) is 1.97. The molecule has 0 aliphatic carbocycles. The van der Waals surface area contributed by atoms with Gasteiger partial charge in [-0.2, -0.15) is 0 Å². The predicted octanol–water partition coefficient (Wildman–Crippen LogP) is -1.85. The zero-order chi connectivity index (χ0) is 8.73. The largest absolute Gasteiger partial charge is 0.550 e. The summed E-state index contributed by atoms with van der Waals surface area (Å²) in [5.74, 6) is -2.42. The molecule has 71 valence electrons. The molecule has 0 unspecified atom stereocenters. The minimum atomic E-state index is -1.08. The smallest absolute Gasteiger partial charge is 0.0439 e. The summed E-state index contributed by atoms with van der Waals surface area (Å²) in [5, 5.41) is 18.5. The molecule has 0 aromatic heterocycles. The van der Waals surface area contributed by atoms with Crippen LogP contribution in [0.1, 0.15) is 20.8 Å². The Labute approximate surface area is 81.1 Å². The number of aliphatic carboxylic acids is 2. The summed E-state index contributed by atoms with van der Waals surface area (Å²) in [6.45, 7) is 4.13. The van der Waals surface area contributed by atoms with Gasteiger partial charge in [-0.3, -0.25) is 0 Å². The minimum Gasteiger partial charge on any atom is -0.550 e. The molecular formula is C6H10AuO4-2. The zero-order valence-electron chi connectivity index (χ0n) is 6.51. The van der Waals surface area contributed by atoms with Gasteiger partial charge in [-0.15, -0.1) is 0 Å². The molecule has 0 atom stereocenters. The fraction of sp³-hybridized carbons (Fsp3) is 0.667. The standard InChI is InChI=1S/C4H8O2.C2H4O2.Au/c1-3(2)4(5)6;1-2(3)4;/h3H,1-2H3,(H,5,6);1H3,(H,3,4);/p-2. The van der Waals surface area contributed by atoms with Crippen LogP contribution in [-0.2, 0) is 32.0 Å². The van der Waals surface area contributed by atoms with Crippen LogP contribution < -0.4 is 10.2 Å². The number of hydrogen-bond donors (Lipinski definition) is 0. The Morgan fingerprint density at radius 2 is 1.27 bits per heavy atom. The molecule has 0 rings (SSSR count). The number of carbonyl (C=O) groups excluding carboxylic acids is 2. The number of rotatable bonds is 1. The van der Waals surface area contributed by atoms with Crippen LogP contribution in [0, 0.1) is 5.92 Å². The Bertz CT molecular complexity index is 118. The molecule has 0 spiro atoms. The maximum absolute atomic E-state index is 9.59. The van der Waals surface area contributed by atoms with Gasteiger partial charge >= 0.3 is 0 Å². The maximum atomic E-state index is 9.59. The van der Waals surface area contributed by atoms with Crippen molar-refractivity contribution in [2.45, 2.75) is 20.8 Å². The molecule has 5 heteroatoms. The summed E-state index contributed by atoms with van der Waals surface area (Å²) < 4.78 is 0. The van der Waals surface area contributed by atoms with Gasteiger partial charge < -0.3 is 19.8 Å². The van der Waals surface area contributed by atoms with Crippen LogP contribution in [0.15, 0.2) is 0 Å². The predicted molar refractivity (Wildman–Crippen MR) is 30.5 cm³/mol. The van der Waals surface area contributed by atoms with E-state index in [9.17, 15) is 9.90 Å². The SMILES string of the molecule is CC(=O)[O-].CC(C)C(=O)[O-].[Au]. The van der Waals surface area contributed by atoms with Gasteiger partial charge in [0.2, 0.25) is 0 Å². The van der Waals surface area contributed by atoms with Crippen molar-refractivity contribution in [3.05, 3.63) is 0 Å².